The number of amides is 1. The first-order valence-electron chi connectivity index (χ1n) is 6.15. The Morgan fingerprint density at radius 1 is 1.53 bits per heavy atom. The van der Waals surface area contributed by atoms with Crippen LogP contribution in [0.2, 0.25) is 0 Å². The molecule has 1 unspecified atom stereocenters. The Balaban J connectivity index is 2.36. The summed E-state index contributed by atoms with van der Waals surface area (Å²) in [6.07, 6.45) is 0.0766. The molecule has 0 aromatic heterocycles. The maximum absolute atomic E-state index is 13.8. The van der Waals surface area contributed by atoms with Crippen LogP contribution in [0.15, 0.2) is 24.3 Å². The van der Waals surface area contributed by atoms with Crippen LogP contribution in [0, 0.1) is 17.1 Å². The highest BCUT2D eigenvalue weighted by Gasteiger charge is 2.39. The average molecular weight is 261 g/mol. The number of carbonyl (C=O) groups excluding carboxylic acids is 1. The second-order valence-electron chi connectivity index (χ2n) is 5.32. The van der Waals surface area contributed by atoms with E-state index in [2.05, 4.69) is 5.32 Å². The molecule has 1 aliphatic rings. The molecule has 1 atom stereocenters. The van der Waals surface area contributed by atoms with Gasteiger partial charge in [0.2, 0.25) is 5.91 Å². The van der Waals surface area contributed by atoms with Gasteiger partial charge in [0, 0.05) is 12.1 Å². The van der Waals surface area contributed by atoms with E-state index in [1.807, 2.05) is 19.9 Å². The Labute approximate surface area is 111 Å². The molecule has 2 rings (SSSR count). The maximum Gasteiger partial charge on any atom is 0.245 e. The van der Waals surface area contributed by atoms with Gasteiger partial charge in [-0.2, -0.15) is 5.26 Å². The molecular weight excluding hydrogens is 245 g/mol. The Kier molecular flexibility index (Phi) is 3.54. The molecule has 1 aromatic rings. The van der Waals surface area contributed by atoms with E-state index >= 15 is 0 Å². The van der Waals surface area contributed by atoms with Crippen LogP contribution >= 0.6 is 0 Å². The van der Waals surface area contributed by atoms with Crippen LogP contribution < -0.4 is 10.2 Å². The van der Waals surface area contributed by atoms with Crippen molar-refractivity contribution in [3.8, 4) is 6.07 Å². The van der Waals surface area contributed by atoms with Crippen LogP contribution in [-0.2, 0) is 4.79 Å². The summed E-state index contributed by atoms with van der Waals surface area (Å²) in [5.74, 6) is -0.685. The zero-order valence-corrected chi connectivity index (χ0v) is 11.0. The van der Waals surface area contributed by atoms with Crippen molar-refractivity contribution < 1.29 is 9.18 Å². The average Bonchev–Trinajstić information content (AvgIpc) is 2.34. The predicted molar refractivity (Wildman–Crippen MR) is 70.0 cm³/mol. The number of halogens is 1. The highest BCUT2D eigenvalue weighted by molar-refractivity contribution is 5.98. The van der Waals surface area contributed by atoms with Crippen molar-refractivity contribution in [1.29, 1.82) is 5.26 Å². The van der Waals surface area contributed by atoms with Crippen LogP contribution in [0.4, 0.5) is 10.1 Å². The van der Waals surface area contributed by atoms with Crippen molar-refractivity contribution >= 4 is 11.6 Å². The van der Waals surface area contributed by atoms with Gasteiger partial charge in [-0.05, 0) is 26.0 Å². The molecule has 4 nitrogen and oxygen atoms in total. The highest BCUT2D eigenvalue weighted by atomic mass is 19.1. The molecule has 0 saturated carbocycles. The lowest BCUT2D eigenvalue weighted by Gasteiger charge is -2.42. The summed E-state index contributed by atoms with van der Waals surface area (Å²) in [4.78, 5) is 13.7. The second-order valence-corrected chi connectivity index (χ2v) is 5.32. The molecule has 1 amide bonds. The fraction of sp³-hybridized carbons (Fsp3) is 0.429. The Bertz CT molecular complexity index is 536. The third-order valence-corrected chi connectivity index (χ3v) is 3.12. The molecule has 0 bridgehead atoms. The monoisotopic (exact) mass is 261 g/mol. The summed E-state index contributed by atoms with van der Waals surface area (Å²) in [6.45, 7) is 4.23. The number of carbonyl (C=O) groups is 1. The van der Waals surface area contributed by atoms with Crippen molar-refractivity contribution in [3.63, 3.8) is 0 Å². The number of benzene rings is 1. The first-order valence-corrected chi connectivity index (χ1v) is 6.15. The van der Waals surface area contributed by atoms with Gasteiger partial charge in [-0.1, -0.05) is 12.1 Å². The number of para-hydroxylation sites is 1. The van der Waals surface area contributed by atoms with Crippen molar-refractivity contribution in [2.24, 2.45) is 0 Å². The first kappa shape index (κ1) is 13.5. The molecular formula is C14H16FN3O. The molecule has 1 aromatic carbocycles. The first-order chi connectivity index (χ1) is 8.94. The smallest absolute Gasteiger partial charge is 0.245 e. The van der Waals surface area contributed by atoms with Gasteiger partial charge in [-0.25, -0.2) is 4.39 Å². The van der Waals surface area contributed by atoms with Gasteiger partial charge in [0.05, 0.1) is 18.2 Å². The Morgan fingerprint density at radius 2 is 2.21 bits per heavy atom. The van der Waals surface area contributed by atoms with Gasteiger partial charge in [-0.15, -0.1) is 0 Å². The Morgan fingerprint density at radius 3 is 2.84 bits per heavy atom. The van der Waals surface area contributed by atoms with Crippen LogP contribution in [0.3, 0.4) is 0 Å². The van der Waals surface area contributed by atoms with Crippen molar-refractivity contribution in [3.05, 3.63) is 30.1 Å². The Hall–Kier alpha value is -1.93. The van der Waals surface area contributed by atoms with E-state index in [0.717, 1.165) is 0 Å². The molecule has 1 heterocycles. The maximum atomic E-state index is 13.8. The number of nitrogens with zero attached hydrogens (tertiary/aromatic N) is 2. The summed E-state index contributed by atoms with van der Waals surface area (Å²) >= 11 is 0. The third kappa shape index (κ3) is 2.74. The van der Waals surface area contributed by atoms with Gasteiger partial charge in [0.1, 0.15) is 11.9 Å². The van der Waals surface area contributed by atoms with Crippen LogP contribution in [-0.4, -0.2) is 24.0 Å². The van der Waals surface area contributed by atoms with Crippen molar-refractivity contribution in [2.45, 2.75) is 31.8 Å². The van der Waals surface area contributed by atoms with E-state index in [-0.39, 0.29) is 23.6 Å². The van der Waals surface area contributed by atoms with Crippen molar-refractivity contribution in [2.75, 3.05) is 11.4 Å². The lowest BCUT2D eigenvalue weighted by Crippen LogP contribution is -2.65. The minimum Gasteiger partial charge on any atom is -0.306 e. The number of hydrogen-bond acceptors (Lipinski definition) is 3. The standard InChI is InChI=1S/C14H16FN3O/c1-14(2)9-18(12-6-4-3-5-10(12)15)13(19)11(17-14)7-8-16/h3-6,11,17H,7,9H2,1-2H3. The number of piperazine rings is 1. The van der Waals surface area contributed by atoms with E-state index in [9.17, 15) is 9.18 Å². The lowest BCUT2D eigenvalue weighted by atomic mass is 9.96. The second kappa shape index (κ2) is 4.98. The van der Waals surface area contributed by atoms with E-state index in [4.69, 9.17) is 5.26 Å². The fourth-order valence-corrected chi connectivity index (χ4v) is 2.34. The molecule has 5 heteroatoms. The molecule has 19 heavy (non-hydrogen) atoms. The summed E-state index contributed by atoms with van der Waals surface area (Å²) in [5, 5.41) is 11.9. The molecule has 100 valence electrons. The van der Waals surface area contributed by atoms with Gasteiger partial charge in [0.15, 0.2) is 0 Å². The number of hydrogen-bond donors (Lipinski definition) is 1. The molecule has 0 spiro atoms. The zero-order valence-electron chi connectivity index (χ0n) is 11.0. The number of nitrogens with one attached hydrogen (secondary N) is 1. The topological polar surface area (TPSA) is 56.1 Å². The van der Waals surface area contributed by atoms with Gasteiger partial charge >= 0.3 is 0 Å². The quantitative estimate of drug-likeness (QED) is 0.883. The van der Waals surface area contributed by atoms with Gasteiger partial charge < -0.3 is 4.90 Å². The minimum absolute atomic E-state index is 0.0766. The third-order valence-electron chi connectivity index (χ3n) is 3.12. The van der Waals surface area contributed by atoms with E-state index in [1.54, 1.807) is 18.2 Å². The number of rotatable bonds is 2. The van der Waals surface area contributed by atoms with Gasteiger partial charge in [-0.3, -0.25) is 10.1 Å². The van der Waals surface area contributed by atoms with E-state index in [1.165, 1.54) is 11.0 Å². The molecule has 0 aliphatic carbocycles. The normalized spacial score (nSPS) is 22.1. The molecule has 0 radical (unpaired) electrons. The summed E-state index contributed by atoms with van der Waals surface area (Å²) < 4.78 is 13.8. The summed E-state index contributed by atoms with van der Waals surface area (Å²) in [5.41, 5.74) is -0.0949. The minimum atomic E-state index is -0.589. The van der Waals surface area contributed by atoms with Crippen molar-refractivity contribution in [1.82, 2.24) is 5.32 Å². The van der Waals surface area contributed by atoms with Crippen LogP contribution in [0.5, 0.6) is 0 Å². The fourth-order valence-electron chi connectivity index (χ4n) is 2.34. The van der Waals surface area contributed by atoms with E-state index < -0.39 is 11.9 Å². The number of nitriles is 1. The largest absolute Gasteiger partial charge is 0.306 e. The zero-order chi connectivity index (χ0) is 14.0. The molecule has 1 aliphatic heterocycles. The predicted octanol–water partition coefficient (Wildman–Crippen LogP) is 1.82. The van der Waals surface area contributed by atoms with Gasteiger partial charge in [0.25, 0.3) is 0 Å². The number of anilines is 1. The van der Waals surface area contributed by atoms with Crippen LogP contribution in [0.1, 0.15) is 20.3 Å². The summed E-state index contributed by atoms with van der Waals surface area (Å²) in [6, 6.07) is 7.59. The van der Waals surface area contributed by atoms with Crippen LogP contribution in [0.25, 0.3) is 0 Å². The SMILES string of the molecule is CC1(C)CN(c2ccccc2F)C(=O)C(CC#N)N1. The summed E-state index contributed by atoms with van der Waals surface area (Å²) in [7, 11) is 0. The highest BCUT2D eigenvalue weighted by Crippen LogP contribution is 2.25. The molecule has 1 saturated heterocycles. The lowest BCUT2D eigenvalue weighted by molar-refractivity contribution is -0.122. The molecule has 1 fully saturated rings. The van der Waals surface area contributed by atoms with E-state index in [0.29, 0.717) is 6.54 Å². The molecule has 1 N–H and O–H groups in total.